The Morgan fingerprint density at radius 1 is 1.03 bits per heavy atom. The second-order valence-electron chi connectivity index (χ2n) is 10.9. The first-order valence-electron chi connectivity index (χ1n) is 13.0. The first-order valence-corrected chi connectivity index (χ1v) is 13.0. The third kappa shape index (κ3) is 5.18. The smallest absolute Gasteiger partial charge is 0.254 e. The van der Waals surface area contributed by atoms with E-state index in [-0.39, 0.29) is 23.9 Å². The molecule has 2 aromatic carbocycles. The number of carbonyl (C=O) groups is 2. The van der Waals surface area contributed by atoms with Crippen LogP contribution in [0.5, 0.6) is 0 Å². The standard InChI is InChI=1S/C30H38FN3O2/c1-18(2)23-8-7-9-24(16-23)21(5)33-30(14-15-30)29(36)32-22(6)26-13-12-25(17-27(26)31)28(35)34-19(3)10-11-20(34)4/h7-9,12-13,16-20,22,33H,5,10-11,14-15H2,1-4,6H3,(H,32,36)/t19-,20+,22-/m1/s1. The third-order valence-electron chi connectivity index (χ3n) is 7.72. The number of halogens is 1. The normalized spacial score (nSPS) is 21.2. The highest BCUT2D eigenvalue weighted by atomic mass is 19.1. The fourth-order valence-electron chi connectivity index (χ4n) is 5.15. The van der Waals surface area contributed by atoms with Crippen LogP contribution in [0.4, 0.5) is 4.39 Å². The van der Waals surface area contributed by atoms with Crippen LogP contribution >= 0.6 is 0 Å². The van der Waals surface area contributed by atoms with E-state index in [4.69, 9.17) is 0 Å². The Hall–Kier alpha value is -3.15. The molecule has 2 N–H and O–H groups in total. The van der Waals surface area contributed by atoms with Crippen molar-refractivity contribution < 1.29 is 14.0 Å². The summed E-state index contributed by atoms with van der Waals surface area (Å²) in [6, 6.07) is 12.5. The maximum absolute atomic E-state index is 15.1. The van der Waals surface area contributed by atoms with Crippen LogP contribution in [0.2, 0.25) is 0 Å². The van der Waals surface area contributed by atoms with E-state index in [1.807, 2.05) is 30.9 Å². The monoisotopic (exact) mass is 491 g/mol. The van der Waals surface area contributed by atoms with Gasteiger partial charge in [-0.1, -0.05) is 44.7 Å². The van der Waals surface area contributed by atoms with Crippen LogP contribution in [0.15, 0.2) is 49.0 Å². The Morgan fingerprint density at radius 2 is 1.69 bits per heavy atom. The quantitative estimate of drug-likeness (QED) is 0.481. The molecular weight excluding hydrogens is 453 g/mol. The van der Waals surface area contributed by atoms with Gasteiger partial charge in [0.1, 0.15) is 11.4 Å². The van der Waals surface area contributed by atoms with Gasteiger partial charge in [-0.25, -0.2) is 4.39 Å². The van der Waals surface area contributed by atoms with E-state index in [0.717, 1.165) is 18.4 Å². The van der Waals surface area contributed by atoms with Crippen LogP contribution < -0.4 is 10.6 Å². The van der Waals surface area contributed by atoms with Crippen molar-refractivity contribution in [1.29, 1.82) is 0 Å². The topological polar surface area (TPSA) is 61.4 Å². The van der Waals surface area contributed by atoms with Gasteiger partial charge in [0.25, 0.3) is 5.91 Å². The van der Waals surface area contributed by atoms with Gasteiger partial charge in [0.2, 0.25) is 5.91 Å². The SMILES string of the molecule is C=C(NC1(C(=O)N[C@H](C)c2ccc(C(=O)N3[C@H](C)CC[C@@H]3C)cc2F)CC1)c1cccc(C(C)C)c1. The van der Waals surface area contributed by atoms with Crippen LogP contribution in [-0.2, 0) is 4.79 Å². The molecule has 0 unspecified atom stereocenters. The number of rotatable bonds is 8. The van der Waals surface area contributed by atoms with Crippen molar-refractivity contribution in [2.24, 2.45) is 0 Å². The molecule has 0 bridgehead atoms. The number of benzene rings is 2. The van der Waals surface area contributed by atoms with E-state index in [0.29, 0.717) is 35.6 Å². The van der Waals surface area contributed by atoms with Crippen molar-refractivity contribution in [3.63, 3.8) is 0 Å². The fraction of sp³-hybridized carbons (Fsp3) is 0.467. The molecular formula is C30H38FN3O2. The molecule has 36 heavy (non-hydrogen) atoms. The minimum Gasteiger partial charge on any atom is -0.371 e. The van der Waals surface area contributed by atoms with Crippen LogP contribution in [-0.4, -0.2) is 34.3 Å². The maximum atomic E-state index is 15.1. The van der Waals surface area contributed by atoms with E-state index < -0.39 is 17.4 Å². The molecule has 2 amide bonds. The Labute approximate surface area is 214 Å². The number of nitrogens with zero attached hydrogens (tertiary/aromatic N) is 1. The number of carbonyl (C=O) groups excluding carboxylic acids is 2. The average molecular weight is 492 g/mol. The Morgan fingerprint density at radius 3 is 2.28 bits per heavy atom. The second kappa shape index (κ2) is 10.1. The molecule has 2 aliphatic rings. The predicted octanol–water partition coefficient (Wildman–Crippen LogP) is 5.93. The lowest BCUT2D eigenvalue weighted by Gasteiger charge is -2.27. The molecule has 192 valence electrons. The molecule has 5 nitrogen and oxygen atoms in total. The van der Waals surface area contributed by atoms with Crippen LogP contribution in [0.3, 0.4) is 0 Å². The molecule has 1 saturated heterocycles. The van der Waals surface area contributed by atoms with Gasteiger partial charge in [0.05, 0.1) is 6.04 Å². The highest BCUT2D eigenvalue weighted by Gasteiger charge is 2.50. The highest BCUT2D eigenvalue weighted by molar-refractivity contribution is 5.95. The summed E-state index contributed by atoms with van der Waals surface area (Å²) in [5, 5.41) is 6.30. The molecule has 2 fully saturated rings. The zero-order chi connectivity index (χ0) is 26.2. The number of likely N-dealkylation sites (tertiary alicyclic amines) is 1. The Kier molecular flexibility index (Phi) is 7.26. The third-order valence-corrected chi connectivity index (χ3v) is 7.72. The van der Waals surface area contributed by atoms with Crippen molar-refractivity contribution >= 4 is 17.5 Å². The molecule has 1 saturated carbocycles. The number of nitrogens with one attached hydrogen (secondary N) is 2. The Bertz CT molecular complexity index is 1160. The molecule has 6 heteroatoms. The van der Waals surface area contributed by atoms with Gasteiger partial charge in [0, 0.05) is 28.9 Å². The molecule has 3 atom stereocenters. The predicted molar refractivity (Wildman–Crippen MR) is 142 cm³/mol. The molecule has 0 aromatic heterocycles. The van der Waals surface area contributed by atoms with Gasteiger partial charge in [-0.2, -0.15) is 0 Å². The number of amides is 2. The number of hydrogen-bond donors (Lipinski definition) is 2. The zero-order valence-electron chi connectivity index (χ0n) is 22.0. The van der Waals surface area contributed by atoms with Gasteiger partial charge in [-0.3, -0.25) is 9.59 Å². The summed E-state index contributed by atoms with van der Waals surface area (Å²) in [5.74, 6) is -0.400. The number of hydrogen-bond acceptors (Lipinski definition) is 3. The fourth-order valence-corrected chi connectivity index (χ4v) is 5.15. The summed E-state index contributed by atoms with van der Waals surface area (Å²) in [4.78, 5) is 28.0. The van der Waals surface area contributed by atoms with E-state index in [1.54, 1.807) is 19.1 Å². The second-order valence-corrected chi connectivity index (χ2v) is 10.9. The average Bonchev–Trinajstić information content (AvgIpc) is 3.55. The summed E-state index contributed by atoms with van der Waals surface area (Å²) in [6.07, 6.45) is 3.30. The van der Waals surface area contributed by atoms with Gasteiger partial charge in [-0.15, -0.1) is 0 Å². The highest BCUT2D eigenvalue weighted by Crippen LogP contribution is 2.38. The largest absolute Gasteiger partial charge is 0.371 e. The van der Waals surface area contributed by atoms with E-state index in [2.05, 4.69) is 43.2 Å². The van der Waals surface area contributed by atoms with Gasteiger partial charge in [0.15, 0.2) is 0 Å². The lowest BCUT2D eigenvalue weighted by molar-refractivity contribution is -0.124. The molecule has 2 aromatic rings. The summed E-state index contributed by atoms with van der Waals surface area (Å²) >= 11 is 0. The first-order chi connectivity index (χ1) is 17.0. The maximum Gasteiger partial charge on any atom is 0.254 e. The Balaban J connectivity index is 1.42. The molecule has 1 aliphatic carbocycles. The lowest BCUT2D eigenvalue weighted by Crippen LogP contribution is -2.46. The van der Waals surface area contributed by atoms with Crippen LogP contribution in [0.25, 0.3) is 5.70 Å². The van der Waals surface area contributed by atoms with Crippen molar-refractivity contribution in [3.05, 3.63) is 77.1 Å². The summed E-state index contributed by atoms with van der Waals surface area (Å²) < 4.78 is 15.1. The summed E-state index contributed by atoms with van der Waals surface area (Å²) in [5.41, 5.74) is 2.85. The van der Waals surface area contributed by atoms with Gasteiger partial charge in [-0.05, 0) is 81.7 Å². The lowest BCUT2D eigenvalue weighted by atomic mass is 9.99. The van der Waals surface area contributed by atoms with E-state index in [9.17, 15) is 9.59 Å². The molecule has 4 rings (SSSR count). The molecule has 0 radical (unpaired) electrons. The molecule has 1 aliphatic heterocycles. The van der Waals surface area contributed by atoms with Crippen LogP contribution in [0, 0.1) is 5.82 Å². The summed E-state index contributed by atoms with van der Waals surface area (Å²) in [7, 11) is 0. The summed E-state index contributed by atoms with van der Waals surface area (Å²) in [6.45, 7) is 14.3. The minimum absolute atomic E-state index is 0.143. The van der Waals surface area contributed by atoms with E-state index in [1.165, 1.54) is 11.6 Å². The molecule has 1 heterocycles. The van der Waals surface area contributed by atoms with Gasteiger partial charge < -0.3 is 15.5 Å². The molecule has 0 spiro atoms. The van der Waals surface area contributed by atoms with Gasteiger partial charge >= 0.3 is 0 Å². The van der Waals surface area contributed by atoms with Crippen molar-refractivity contribution in [1.82, 2.24) is 15.5 Å². The van der Waals surface area contributed by atoms with Crippen molar-refractivity contribution in [3.8, 4) is 0 Å². The van der Waals surface area contributed by atoms with Crippen molar-refractivity contribution in [2.75, 3.05) is 0 Å². The first kappa shape index (κ1) is 25.9. The van der Waals surface area contributed by atoms with Crippen LogP contribution in [0.1, 0.15) is 99.3 Å². The van der Waals surface area contributed by atoms with E-state index >= 15 is 4.39 Å². The zero-order valence-corrected chi connectivity index (χ0v) is 22.0. The minimum atomic E-state index is -0.729. The van der Waals surface area contributed by atoms with Crippen molar-refractivity contribution in [2.45, 2.75) is 89.9 Å².